The van der Waals surface area contributed by atoms with Crippen molar-refractivity contribution in [1.82, 2.24) is 5.32 Å². The number of nitrogens with one attached hydrogen (secondary N) is 2. The van der Waals surface area contributed by atoms with Crippen molar-refractivity contribution < 1.29 is 19.5 Å². The molecule has 18 heavy (non-hydrogen) atoms. The van der Waals surface area contributed by atoms with Gasteiger partial charge in [0.05, 0.1) is 5.56 Å². The molecule has 0 radical (unpaired) electrons. The van der Waals surface area contributed by atoms with Crippen molar-refractivity contribution in [1.29, 1.82) is 0 Å². The van der Waals surface area contributed by atoms with Crippen LogP contribution >= 0.6 is 11.3 Å². The van der Waals surface area contributed by atoms with E-state index in [1.165, 1.54) is 6.07 Å². The molecule has 0 aliphatic carbocycles. The van der Waals surface area contributed by atoms with Gasteiger partial charge in [0, 0.05) is 12.5 Å². The van der Waals surface area contributed by atoms with Gasteiger partial charge in [0.25, 0.3) is 0 Å². The van der Waals surface area contributed by atoms with Gasteiger partial charge in [0.1, 0.15) is 5.00 Å². The van der Waals surface area contributed by atoms with Crippen molar-refractivity contribution in [2.75, 3.05) is 5.32 Å². The number of primary amides is 1. The second-order valence-corrected chi connectivity index (χ2v) is 4.55. The van der Waals surface area contributed by atoms with E-state index in [2.05, 4.69) is 10.6 Å². The van der Waals surface area contributed by atoms with Gasteiger partial charge in [-0.25, -0.2) is 9.59 Å². The minimum Gasteiger partial charge on any atom is -0.478 e. The Hall–Kier alpha value is -2.09. The van der Waals surface area contributed by atoms with Crippen molar-refractivity contribution in [3.8, 4) is 0 Å². The molecule has 5 N–H and O–H groups in total. The Morgan fingerprint density at radius 1 is 1.50 bits per heavy atom. The third-order valence-electron chi connectivity index (χ3n) is 2.01. The van der Waals surface area contributed by atoms with E-state index in [1.54, 1.807) is 12.3 Å². The zero-order valence-electron chi connectivity index (χ0n) is 9.60. The van der Waals surface area contributed by atoms with E-state index in [1.807, 2.05) is 0 Å². The van der Waals surface area contributed by atoms with Crippen LogP contribution in [0.4, 0.5) is 9.80 Å². The fourth-order valence-electron chi connectivity index (χ4n) is 1.29. The minimum atomic E-state index is -1.11. The molecule has 1 atom stereocenters. The van der Waals surface area contributed by atoms with Crippen molar-refractivity contribution >= 4 is 34.2 Å². The molecule has 0 saturated carbocycles. The predicted octanol–water partition coefficient (Wildman–Crippen LogP) is 0.832. The second-order valence-electron chi connectivity index (χ2n) is 3.64. The summed E-state index contributed by atoms with van der Waals surface area (Å²) in [4.78, 5) is 32.9. The van der Waals surface area contributed by atoms with Crippen LogP contribution in [0.15, 0.2) is 11.4 Å². The Morgan fingerprint density at radius 2 is 2.17 bits per heavy atom. The fraction of sp³-hybridized carbons (Fsp3) is 0.300. The van der Waals surface area contributed by atoms with E-state index in [-0.39, 0.29) is 17.0 Å². The van der Waals surface area contributed by atoms with E-state index in [9.17, 15) is 14.4 Å². The number of amides is 3. The molecule has 98 valence electrons. The minimum absolute atomic E-state index is 0.0175. The molecule has 0 aromatic carbocycles. The molecule has 1 aromatic heterocycles. The molecule has 0 aliphatic rings. The lowest BCUT2D eigenvalue weighted by Crippen LogP contribution is -2.38. The molecule has 0 spiro atoms. The lowest BCUT2D eigenvalue weighted by Gasteiger charge is -2.12. The van der Waals surface area contributed by atoms with Gasteiger partial charge in [-0.1, -0.05) is 0 Å². The maximum absolute atomic E-state index is 11.5. The molecule has 0 saturated heterocycles. The number of carboxylic acid groups (broad SMARTS) is 1. The molecular formula is C10H13N3O4S. The standard InChI is InChI=1S/C10H13N3O4S/c1-5(4-7(11)14)12-10(17)13-8-6(9(15)16)2-3-18-8/h2-3,5H,4H2,1H3,(H2,11,14)(H,15,16)(H2,12,13,17). The van der Waals surface area contributed by atoms with Gasteiger partial charge in [0.15, 0.2) is 0 Å². The highest BCUT2D eigenvalue weighted by atomic mass is 32.1. The van der Waals surface area contributed by atoms with Gasteiger partial charge >= 0.3 is 12.0 Å². The Bertz CT molecular complexity index is 471. The molecule has 1 rings (SSSR count). The van der Waals surface area contributed by atoms with Gasteiger partial charge in [-0.15, -0.1) is 11.3 Å². The summed E-state index contributed by atoms with van der Waals surface area (Å²) in [5.74, 6) is -1.64. The van der Waals surface area contributed by atoms with Gasteiger partial charge in [-0.05, 0) is 18.4 Å². The molecule has 8 heteroatoms. The van der Waals surface area contributed by atoms with E-state index in [4.69, 9.17) is 10.8 Å². The number of carbonyl (C=O) groups is 3. The number of hydrogen-bond acceptors (Lipinski definition) is 4. The normalized spacial score (nSPS) is 11.6. The van der Waals surface area contributed by atoms with Crippen molar-refractivity contribution in [2.24, 2.45) is 5.73 Å². The smallest absolute Gasteiger partial charge is 0.338 e. The van der Waals surface area contributed by atoms with Gasteiger partial charge in [0.2, 0.25) is 5.91 Å². The first kappa shape index (κ1) is 14.0. The van der Waals surface area contributed by atoms with Gasteiger partial charge < -0.3 is 16.2 Å². The third kappa shape index (κ3) is 4.06. The van der Waals surface area contributed by atoms with Crippen LogP contribution in [0.1, 0.15) is 23.7 Å². The summed E-state index contributed by atoms with van der Waals surface area (Å²) in [5.41, 5.74) is 5.01. The van der Waals surface area contributed by atoms with Crippen LogP contribution in [-0.2, 0) is 4.79 Å². The van der Waals surface area contributed by atoms with Crippen LogP contribution < -0.4 is 16.4 Å². The average molecular weight is 271 g/mol. The van der Waals surface area contributed by atoms with Crippen molar-refractivity contribution in [2.45, 2.75) is 19.4 Å². The lowest BCUT2D eigenvalue weighted by molar-refractivity contribution is -0.118. The van der Waals surface area contributed by atoms with E-state index >= 15 is 0 Å². The number of hydrogen-bond donors (Lipinski definition) is 4. The maximum atomic E-state index is 11.5. The van der Waals surface area contributed by atoms with Gasteiger partial charge in [-0.3, -0.25) is 10.1 Å². The number of carbonyl (C=O) groups excluding carboxylic acids is 2. The fourth-order valence-corrected chi connectivity index (χ4v) is 2.06. The van der Waals surface area contributed by atoms with Crippen molar-refractivity contribution in [3.05, 3.63) is 17.0 Å². The molecule has 1 aromatic rings. The topological polar surface area (TPSA) is 122 Å². The van der Waals surface area contributed by atoms with Crippen LogP contribution in [-0.4, -0.2) is 29.1 Å². The van der Waals surface area contributed by atoms with E-state index < -0.39 is 23.9 Å². The highest BCUT2D eigenvalue weighted by molar-refractivity contribution is 7.14. The summed E-state index contributed by atoms with van der Waals surface area (Å²) in [5, 5.41) is 15.5. The first-order valence-electron chi connectivity index (χ1n) is 5.06. The van der Waals surface area contributed by atoms with Crippen LogP contribution in [0.5, 0.6) is 0 Å². The Morgan fingerprint density at radius 3 is 2.72 bits per heavy atom. The Labute approximate surface area is 107 Å². The SMILES string of the molecule is CC(CC(N)=O)NC(=O)Nc1sccc1C(=O)O. The molecular weight excluding hydrogens is 258 g/mol. The van der Waals surface area contributed by atoms with Crippen LogP contribution in [0.3, 0.4) is 0 Å². The quantitative estimate of drug-likeness (QED) is 0.633. The zero-order valence-corrected chi connectivity index (χ0v) is 10.4. The lowest BCUT2D eigenvalue weighted by atomic mass is 10.2. The summed E-state index contributed by atoms with van der Waals surface area (Å²) >= 11 is 1.10. The number of aromatic carboxylic acids is 1. The summed E-state index contributed by atoms with van der Waals surface area (Å²) in [6.07, 6.45) is 0.0175. The summed E-state index contributed by atoms with van der Waals surface area (Å²) in [6, 6.07) is 0.402. The van der Waals surface area contributed by atoms with Crippen LogP contribution in [0, 0.1) is 0 Å². The first-order valence-corrected chi connectivity index (χ1v) is 5.94. The van der Waals surface area contributed by atoms with Crippen LogP contribution in [0.25, 0.3) is 0 Å². The number of thiophene rings is 1. The summed E-state index contributed by atoms with van der Waals surface area (Å²) < 4.78 is 0. The number of carboxylic acids is 1. The van der Waals surface area contributed by atoms with Gasteiger partial charge in [-0.2, -0.15) is 0 Å². The largest absolute Gasteiger partial charge is 0.478 e. The maximum Gasteiger partial charge on any atom is 0.338 e. The average Bonchev–Trinajstić information content (AvgIpc) is 2.63. The van der Waals surface area contributed by atoms with Crippen LogP contribution in [0.2, 0.25) is 0 Å². The Kier molecular flexibility index (Phi) is 4.67. The Balaban J connectivity index is 2.57. The molecule has 0 aliphatic heterocycles. The molecule has 1 heterocycles. The van der Waals surface area contributed by atoms with E-state index in [0.717, 1.165) is 11.3 Å². The highest BCUT2D eigenvalue weighted by Crippen LogP contribution is 2.22. The molecule has 0 bridgehead atoms. The number of urea groups is 1. The molecule has 3 amide bonds. The summed E-state index contributed by atoms with van der Waals surface area (Å²) in [7, 11) is 0. The molecule has 7 nitrogen and oxygen atoms in total. The summed E-state index contributed by atoms with van der Waals surface area (Å²) in [6.45, 7) is 1.62. The monoisotopic (exact) mass is 271 g/mol. The number of nitrogens with two attached hydrogens (primary N) is 1. The number of rotatable bonds is 5. The predicted molar refractivity (Wildman–Crippen MR) is 66.7 cm³/mol. The van der Waals surface area contributed by atoms with Crippen molar-refractivity contribution in [3.63, 3.8) is 0 Å². The third-order valence-corrected chi connectivity index (χ3v) is 2.84. The zero-order chi connectivity index (χ0) is 13.7. The first-order chi connectivity index (χ1) is 8.40. The second kappa shape index (κ2) is 6.01. The van der Waals surface area contributed by atoms with E-state index in [0.29, 0.717) is 0 Å². The number of anilines is 1. The molecule has 1 unspecified atom stereocenters. The molecule has 0 fully saturated rings. The highest BCUT2D eigenvalue weighted by Gasteiger charge is 2.15.